The van der Waals surface area contributed by atoms with Gasteiger partial charge >= 0.3 is 6.09 Å². The van der Waals surface area contributed by atoms with Gasteiger partial charge in [0.2, 0.25) is 5.91 Å². The lowest BCUT2D eigenvalue weighted by atomic mass is 9.89. The first-order valence-electron chi connectivity index (χ1n) is 13.6. The molecular formula is C27H41N3O6S3. The largest absolute Gasteiger partial charge is 0.445 e. The molecule has 3 saturated heterocycles. The van der Waals surface area contributed by atoms with Gasteiger partial charge in [0.15, 0.2) is 9.84 Å². The maximum atomic E-state index is 13.3. The van der Waals surface area contributed by atoms with Crippen LogP contribution in [0.4, 0.5) is 4.79 Å². The zero-order valence-corrected chi connectivity index (χ0v) is 25.3. The van der Waals surface area contributed by atoms with E-state index in [1.807, 2.05) is 62.9 Å². The number of carbonyl (C=O) groups is 2. The van der Waals surface area contributed by atoms with Gasteiger partial charge in [0.1, 0.15) is 6.10 Å². The average molecular weight is 600 g/mol. The predicted molar refractivity (Wildman–Crippen MR) is 156 cm³/mol. The minimum atomic E-state index is -3.19. The Balaban J connectivity index is 1.45. The molecule has 3 aliphatic rings. The molecule has 3 fully saturated rings. The molecule has 0 aliphatic carbocycles. The highest BCUT2D eigenvalue weighted by Crippen LogP contribution is 2.40. The van der Waals surface area contributed by atoms with E-state index in [9.17, 15) is 23.1 Å². The molecule has 0 spiro atoms. The summed E-state index contributed by atoms with van der Waals surface area (Å²) in [6, 6.07) is 8.69. The molecule has 6 unspecified atom stereocenters. The molecule has 3 heterocycles. The molecule has 0 aromatic heterocycles. The average Bonchev–Trinajstić information content (AvgIpc) is 3.45. The van der Waals surface area contributed by atoms with Crippen LogP contribution in [0.5, 0.6) is 0 Å². The molecule has 0 bridgehead atoms. The molecule has 0 radical (unpaired) electrons. The number of fused-ring (bicyclic) bond motifs is 1. The minimum absolute atomic E-state index is 0.00822. The van der Waals surface area contributed by atoms with Crippen LogP contribution in [-0.4, -0.2) is 102 Å². The molecule has 12 heteroatoms. The number of β-amino-alcohol motifs (C(OH)–C–C–N with tert-alkyl or cyclic N) is 1. The third-order valence-corrected chi connectivity index (χ3v) is 11.7. The Labute approximate surface area is 240 Å². The Morgan fingerprint density at radius 3 is 2.64 bits per heavy atom. The van der Waals surface area contributed by atoms with Gasteiger partial charge in [-0.15, -0.1) is 11.8 Å². The zero-order valence-electron chi connectivity index (χ0n) is 22.9. The van der Waals surface area contributed by atoms with E-state index >= 15 is 0 Å². The monoisotopic (exact) mass is 599 g/mol. The smallest absolute Gasteiger partial charge is 0.407 e. The third-order valence-electron chi connectivity index (χ3n) is 7.34. The maximum Gasteiger partial charge on any atom is 0.407 e. The summed E-state index contributed by atoms with van der Waals surface area (Å²) in [5.74, 6) is 1.74. The van der Waals surface area contributed by atoms with Crippen molar-refractivity contribution >= 4 is 45.4 Å². The van der Waals surface area contributed by atoms with Crippen LogP contribution in [0.15, 0.2) is 35.2 Å². The molecule has 39 heavy (non-hydrogen) atoms. The highest BCUT2D eigenvalue weighted by Gasteiger charge is 2.43. The van der Waals surface area contributed by atoms with Crippen LogP contribution in [-0.2, 0) is 19.4 Å². The Morgan fingerprint density at radius 2 is 1.97 bits per heavy atom. The van der Waals surface area contributed by atoms with E-state index < -0.39 is 34.2 Å². The number of aliphatic hydroxyl groups is 1. The second-order valence-electron chi connectivity index (χ2n) is 11.8. The number of carbonyl (C=O) groups excluding carboxylic acids is 2. The number of piperidine rings is 1. The van der Waals surface area contributed by atoms with E-state index in [1.54, 1.807) is 0 Å². The van der Waals surface area contributed by atoms with Crippen molar-refractivity contribution in [2.75, 3.05) is 36.1 Å². The molecular weight excluding hydrogens is 559 g/mol. The third kappa shape index (κ3) is 9.01. The topological polar surface area (TPSA) is 125 Å². The molecule has 1 aromatic carbocycles. The predicted octanol–water partition coefficient (Wildman–Crippen LogP) is 2.53. The van der Waals surface area contributed by atoms with Crippen molar-refractivity contribution in [3.63, 3.8) is 0 Å². The number of likely N-dealkylation sites (tertiary alicyclic amines) is 1. The second kappa shape index (κ2) is 13.0. The summed E-state index contributed by atoms with van der Waals surface area (Å²) in [6.07, 6.45) is -0.268. The van der Waals surface area contributed by atoms with Crippen molar-refractivity contribution < 1.29 is 27.9 Å². The Bertz CT molecular complexity index is 1100. The number of nitrogens with one attached hydrogen (secondary N) is 2. The SMILES string of the molecule is CC(C)(C)NC(=O)C1CC2SCCC2CN1CC(O)C(CSc1ccccc1)NC(=O)OC1CCS(=O)(=O)C1. The van der Waals surface area contributed by atoms with E-state index in [2.05, 4.69) is 15.5 Å². The van der Waals surface area contributed by atoms with Gasteiger partial charge in [0.25, 0.3) is 0 Å². The van der Waals surface area contributed by atoms with E-state index in [-0.39, 0.29) is 42.0 Å². The summed E-state index contributed by atoms with van der Waals surface area (Å²) in [7, 11) is -3.19. The van der Waals surface area contributed by atoms with Crippen LogP contribution in [0, 0.1) is 5.92 Å². The quantitative estimate of drug-likeness (QED) is 0.367. The fraction of sp³-hybridized carbons (Fsp3) is 0.704. The summed E-state index contributed by atoms with van der Waals surface area (Å²) in [5, 5.41) is 17.8. The number of hydrogen-bond donors (Lipinski definition) is 3. The summed E-state index contributed by atoms with van der Waals surface area (Å²) in [4.78, 5) is 29.2. The van der Waals surface area contributed by atoms with Crippen LogP contribution in [0.1, 0.15) is 40.0 Å². The number of alkyl carbamates (subject to hydrolysis) is 1. The number of sulfone groups is 1. The van der Waals surface area contributed by atoms with Crippen LogP contribution >= 0.6 is 23.5 Å². The highest BCUT2D eigenvalue weighted by molar-refractivity contribution is 8.00. The molecule has 0 saturated carbocycles. The van der Waals surface area contributed by atoms with Gasteiger partial charge in [-0.25, -0.2) is 13.2 Å². The van der Waals surface area contributed by atoms with Crippen molar-refractivity contribution in [1.82, 2.24) is 15.5 Å². The van der Waals surface area contributed by atoms with Crippen molar-refractivity contribution in [3.8, 4) is 0 Å². The van der Waals surface area contributed by atoms with E-state index in [0.29, 0.717) is 16.9 Å². The van der Waals surface area contributed by atoms with Gasteiger partial charge in [-0.1, -0.05) is 18.2 Å². The summed E-state index contributed by atoms with van der Waals surface area (Å²) >= 11 is 3.44. The summed E-state index contributed by atoms with van der Waals surface area (Å²) < 4.78 is 29.0. The molecule has 2 amide bonds. The standard InChI is InChI=1S/C27H41N3O6S3/c1-27(2,3)29-25(32)22-13-24-18(9-11-37-24)14-30(22)15-23(31)21(16-38-20-7-5-4-6-8-20)28-26(33)36-19-10-12-39(34,35)17-19/h4-8,18-19,21-24,31H,9-17H2,1-3H3,(H,28,33)(H,29,32). The van der Waals surface area contributed by atoms with Gasteiger partial charge in [-0.3, -0.25) is 9.69 Å². The normalized spacial score (nSPS) is 28.3. The lowest BCUT2D eigenvalue weighted by molar-refractivity contribution is -0.130. The van der Waals surface area contributed by atoms with E-state index in [1.165, 1.54) is 11.8 Å². The lowest BCUT2D eigenvalue weighted by Gasteiger charge is -2.43. The number of hydrogen-bond acceptors (Lipinski definition) is 9. The van der Waals surface area contributed by atoms with Crippen molar-refractivity contribution in [1.29, 1.82) is 0 Å². The van der Waals surface area contributed by atoms with Crippen molar-refractivity contribution in [3.05, 3.63) is 30.3 Å². The van der Waals surface area contributed by atoms with Crippen LogP contribution in [0.3, 0.4) is 0 Å². The van der Waals surface area contributed by atoms with Crippen molar-refractivity contribution in [2.45, 2.75) is 80.0 Å². The molecule has 218 valence electrons. The Hall–Kier alpha value is -1.47. The van der Waals surface area contributed by atoms with Crippen molar-refractivity contribution in [2.24, 2.45) is 5.92 Å². The summed E-state index contributed by atoms with van der Waals surface area (Å²) in [5.41, 5.74) is -0.366. The van der Waals surface area contributed by atoms with Crippen LogP contribution < -0.4 is 10.6 Å². The number of ether oxygens (including phenoxy) is 1. The van der Waals surface area contributed by atoms with Crippen LogP contribution in [0.2, 0.25) is 0 Å². The fourth-order valence-corrected chi connectivity index (χ4v) is 9.57. The number of aliphatic hydroxyl groups excluding tert-OH is 1. The molecule has 4 rings (SSSR count). The first-order valence-corrected chi connectivity index (χ1v) is 17.5. The number of benzene rings is 1. The Morgan fingerprint density at radius 1 is 1.23 bits per heavy atom. The van der Waals surface area contributed by atoms with E-state index in [4.69, 9.17) is 4.74 Å². The lowest BCUT2D eigenvalue weighted by Crippen LogP contribution is -2.60. The van der Waals surface area contributed by atoms with Crippen LogP contribution in [0.25, 0.3) is 0 Å². The molecule has 6 atom stereocenters. The molecule has 3 N–H and O–H groups in total. The van der Waals surface area contributed by atoms with Gasteiger partial charge in [0.05, 0.1) is 29.7 Å². The summed E-state index contributed by atoms with van der Waals surface area (Å²) in [6.45, 7) is 6.83. The van der Waals surface area contributed by atoms with E-state index in [0.717, 1.165) is 30.0 Å². The number of nitrogens with zero attached hydrogens (tertiary/aromatic N) is 1. The molecule has 1 aromatic rings. The minimum Gasteiger partial charge on any atom is -0.445 e. The number of thioether (sulfide) groups is 2. The van der Waals surface area contributed by atoms with Gasteiger partial charge in [-0.2, -0.15) is 11.8 Å². The number of rotatable bonds is 9. The van der Waals surface area contributed by atoms with Gasteiger partial charge in [-0.05, 0) is 63.8 Å². The first kappa shape index (κ1) is 30.5. The number of amides is 2. The molecule has 3 aliphatic heterocycles. The second-order valence-corrected chi connectivity index (χ2v) is 16.4. The Kier molecular flexibility index (Phi) is 10.2. The van der Waals surface area contributed by atoms with Gasteiger partial charge in [0, 0.05) is 34.5 Å². The maximum absolute atomic E-state index is 13.3. The van der Waals surface area contributed by atoms with Gasteiger partial charge < -0.3 is 20.5 Å². The molecule has 9 nitrogen and oxygen atoms in total. The fourth-order valence-electron chi connectivity index (χ4n) is 5.40. The zero-order chi connectivity index (χ0) is 28.2. The first-order chi connectivity index (χ1) is 18.4. The highest BCUT2D eigenvalue weighted by atomic mass is 32.2.